The van der Waals surface area contributed by atoms with Crippen LogP contribution in [0.2, 0.25) is 5.02 Å². The number of aromatic nitrogens is 1. The first-order valence-corrected chi connectivity index (χ1v) is 7.32. The molecule has 0 amide bonds. The number of hydrogen-bond donors (Lipinski definition) is 2. The third-order valence-corrected chi connectivity index (χ3v) is 4.37. The summed E-state index contributed by atoms with van der Waals surface area (Å²) in [5.74, 6) is -0.801. The smallest absolute Gasteiger partial charge is 0.263 e. The average Bonchev–Trinajstić information content (AvgIpc) is 2.84. The van der Waals surface area contributed by atoms with Gasteiger partial charge >= 0.3 is 0 Å². The van der Waals surface area contributed by atoms with Crippen molar-refractivity contribution in [3.63, 3.8) is 0 Å². The average molecular weight is 320 g/mol. The highest BCUT2D eigenvalue weighted by Gasteiger charge is 2.21. The van der Waals surface area contributed by atoms with E-state index >= 15 is 0 Å². The van der Waals surface area contributed by atoms with E-state index in [1.807, 2.05) is 6.92 Å². The molecule has 3 aromatic rings. The molecule has 3 rings (SSSR count). The SMILES string of the molecule is Cc1ccc(C(=O)c2c(O)c3ccc(Cl)cc3[nH]c2=O)s1. The van der Waals surface area contributed by atoms with Crippen LogP contribution in [0.25, 0.3) is 10.9 Å². The number of H-pyrrole nitrogens is 1. The molecule has 1 aromatic carbocycles. The van der Waals surface area contributed by atoms with Gasteiger partial charge in [0.15, 0.2) is 0 Å². The van der Waals surface area contributed by atoms with Crippen LogP contribution in [0, 0.1) is 6.92 Å². The molecule has 21 heavy (non-hydrogen) atoms. The van der Waals surface area contributed by atoms with Gasteiger partial charge in [-0.3, -0.25) is 9.59 Å². The molecule has 0 saturated heterocycles. The van der Waals surface area contributed by atoms with Crippen LogP contribution in [0.5, 0.6) is 5.75 Å². The molecule has 0 radical (unpaired) electrons. The van der Waals surface area contributed by atoms with E-state index in [-0.39, 0.29) is 11.3 Å². The topological polar surface area (TPSA) is 70.2 Å². The fourth-order valence-corrected chi connectivity index (χ4v) is 3.13. The van der Waals surface area contributed by atoms with Crippen LogP contribution >= 0.6 is 22.9 Å². The third-order valence-electron chi connectivity index (χ3n) is 3.14. The molecular weight excluding hydrogens is 310 g/mol. The van der Waals surface area contributed by atoms with Crippen molar-refractivity contribution >= 4 is 39.6 Å². The predicted molar refractivity (Wildman–Crippen MR) is 83.7 cm³/mol. The minimum Gasteiger partial charge on any atom is -0.506 e. The van der Waals surface area contributed by atoms with Gasteiger partial charge in [-0.05, 0) is 37.3 Å². The largest absolute Gasteiger partial charge is 0.506 e. The maximum Gasteiger partial charge on any atom is 0.263 e. The molecule has 0 aliphatic heterocycles. The van der Waals surface area contributed by atoms with Crippen LogP contribution in [0.15, 0.2) is 35.1 Å². The van der Waals surface area contributed by atoms with E-state index in [1.165, 1.54) is 17.4 Å². The Morgan fingerprint density at radius 1 is 1.29 bits per heavy atom. The lowest BCUT2D eigenvalue weighted by Gasteiger charge is -2.06. The second kappa shape index (κ2) is 5.02. The van der Waals surface area contributed by atoms with Crippen molar-refractivity contribution in [3.8, 4) is 5.75 Å². The van der Waals surface area contributed by atoms with Crippen LogP contribution in [-0.2, 0) is 0 Å². The number of halogens is 1. The summed E-state index contributed by atoms with van der Waals surface area (Å²) >= 11 is 7.14. The molecule has 0 spiro atoms. The lowest BCUT2D eigenvalue weighted by atomic mass is 10.1. The third kappa shape index (κ3) is 2.34. The van der Waals surface area contributed by atoms with Gasteiger partial charge in [0.25, 0.3) is 5.56 Å². The molecular formula is C15H10ClNO3S. The quantitative estimate of drug-likeness (QED) is 0.710. The van der Waals surface area contributed by atoms with Crippen LogP contribution in [0.1, 0.15) is 20.1 Å². The summed E-state index contributed by atoms with van der Waals surface area (Å²) in [6.07, 6.45) is 0. The lowest BCUT2D eigenvalue weighted by molar-refractivity contribution is 0.103. The number of hydrogen-bond acceptors (Lipinski definition) is 4. The maximum absolute atomic E-state index is 12.4. The van der Waals surface area contributed by atoms with Crippen LogP contribution in [0.3, 0.4) is 0 Å². The second-order valence-corrected chi connectivity index (χ2v) is 6.33. The number of aromatic hydroxyl groups is 1. The Morgan fingerprint density at radius 3 is 2.71 bits per heavy atom. The summed E-state index contributed by atoms with van der Waals surface area (Å²) in [7, 11) is 0. The zero-order chi connectivity index (χ0) is 15.1. The number of carbonyl (C=O) groups is 1. The second-order valence-electron chi connectivity index (χ2n) is 4.61. The van der Waals surface area contributed by atoms with Gasteiger partial charge < -0.3 is 10.1 Å². The van der Waals surface area contributed by atoms with Crippen molar-refractivity contribution in [1.82, 2.24) is 4.98 Å². The molecule has 2 heterocycles. The van der Waals surface area contributed by atoms with E-state index in [0.29, 0.717) is 20.8 Å². The summed E-state index contributed by atoms with van der Waals surface area (Å²) in [6, 6.07) is 8.13. The van der Waals surface area contributed by atoms with E-state index in [1.54, 1.807) is 24.3 Å². The molecule has 0 aliphatic carbocycles. The predicted octanol–water partition coefficient (Wildman–Crippen LogP) is 3.49. The first kappa shape index (κ1) is 13.9. The highest BCUT2D eigenvalue weighted by molar-refractivity contribution is 7.14. The summed E-state index contributed by atoms with van der Waals surface area (Å²) in [4.78, 5) is 28.5. The normalized spacial score (nSPS) is 11.0. The number of benzene rings is 1. The van der Waals surface area contributed by atoms with E-state index < -0.39 is 11.3 Å². The Bertz CT molecular complexity index is 926. The zero-order valence-electron chi connectivity index (χ0n) is 10.9. The van der Waals surface area contributed by atoms with Gasteiger partial charge in [-0.15, -0.1) is 11.3 Å². The first-order valence-electron chi connectivity index (χ1n) is 6.13. The Balaban J connectivity index is 2.26. The van der Waals surface area contributed by atoms with Gasteiger partial charge in [-0.25, -0.2) is 0 Å². The summed E-state index contributed by atoms with van der Waals surface area (Å²) < 4.78 is 0. The summed E-state index contributed by atoms with van der Waals surface area (Å²) in [5.41, 5.74) is -0.478. The number of aromatic amines is 1. The van der Waals surface area contributed by atoms with Gasteiger partial charge in [-0.1, -0.05) is 11.6 Å². The van der Waals surface area contributed by atoms with Crippen molar-refractivity contribution < 1.29 is 9.90 Å². The van der Waals surface area contributed by atoms with Crippen LogP contribution < -0.4 is 5.56 Å². The number of fused-ring (bicyclic) bond motifs is 1. The molecule has 4 nitrogen and oxygen atoms in total. The van der Waals surface area contributed by atoms with Crippen LogP contribution in [-0.4, -0.2) is 15.9 Å². The monoisotopic (exact) mass is 319 g/mol. The number of carbonyl (C=O) groups excluding carboxylic acids is 1. The lowest BCUT2D eigenvalue weighted by Crippen LogP contribution is -2.18. The molecule has 0 fully saturated rings. The fraction of sp³-hybridized carbons (Fsp3) is 0.0667. The van der Waals surface area contributed by atoms with Crippen molar-refractivity contribution in [2.45, 2.75) is 6.92 Å². The Kier molecular flexibility index (Phi) is 3.31. The number of thiophene rings is 1. The number of aryl methyl sites for hydroxylation is 1. The number of rotatable bonds is 2. The maximum atomic E-state index is 12.4. The fourth-order valence-electron chi connectivity index (χ4n) is 2.14. The van der Waals surface area contributed by atoms with Crippen LogP contribution in [0.4, 0.5) is 0 Å². The van der Waals surface area contributed by atoms with E-state index in [0.717, 1.165) is 4.88 Å². The Labute approximate surface area is 128 Å². The van der Waals surface area contributed by atoms with Crippen molar-refractivity contribution in [1.29, 1.82) is 0 Å². The Hall–Kier alpha value is -2.11. The van der Waals surface area contributed by atoms with Gasteiger partial charge in [0.1, 0.15) is 11.3 Å². The molecule has 6 heteroatoms. The molecule has 0 saturated carbocycles. The number of nitrogens with one attached hydrogen (secondary N) is 1. The summed E-state index contributed by atoms with van der Waals surface area (Å²) in [5, 5.41) is 11.1. The first-order chi connectivity index (χ1) is 9.97. The van der Waals surface area contributed by atoms with E-state index in [2.05, 4.69) is 4.98 Å². The molecule has 106 valence electrons. The van der Waals surface area contributed by atoms with Gasteiger partial charge in [0.05, 0.1) is 10.4 Å². The Morgan fingerprint density at radius 2 is 2.05 bits per heavy atom. The minimum atomic E-state index is -0.627. The molecule has 2 N–H and O–H groups in total. The number of pyridine rings is 1. The minimum absolute atomic E-state index is 0.244. The highest BCUT2D eigenvalue weighted by atomic mass is 35.5. The highest BCUT2D eigenvalue weighted by Crippen LogP contribution is 2.29. The molecule has 2 aromatic heterocycles. The van der Waals surface area contributed by atoms with Crippen molar-refractivity contribution in [2.24, 2.45) is 0 Å². The standard InChI is InChI=1S/C15H10ClNO3S/c1-7-2-5-11(21-7)14(19)12-13(18)9-4-3-8(16)6-10(9)17-15(12)20/h2-6H,1H3,(H2,17,18,20). The van der Waals surface area contributed by atoms with Gasteiger partial charge in [-0.2, -0.15) is 0 Å². The number of ketones is 1. The van der Waals surface area contributed by atoms with E-state index in [9.17, 15) is 14.7 Å². The molecule has 0 aliphatic rings. The van der Waals surface area contributed by atoms with Crippen molar-refractivity contribution in [3.05, 3.63) is 61.0 Å². The molecule has 0 bridgehead atoms. The zero-order valence-corrected chi connectivity index (χ0v) is 12.5. The van der Waals surface area contributed by atoms with Gasteiger partial charge in [0, 0.05) is 15.3 Å². The summed E-state index contributed by atoms with van der Waals surface area (Å²) in [6.45, 7) is 1.87. The molecule has 0 atom stereocenters. The van der Waals surface area contributed by atoms with E-state index in [4.69, 9.17) is 11.6 Å². The van der Waals surface area contributed by atoms with Gasteiger partial charge in [0.2, 0.25) is 5.78 Å². The van der Waals surface area contributed by atoms with Crippen molar-refractivity contribution in [2.75, 3.05) is 0 Å². The molecule has 0 unspecified atom stereocenters.